The van der Waals surface area contributed by atoms with E-state index in [4.69, 9.17) is 4.42 Å². The summed E-state index contributed by atoms with van der Waals surface area (Å²) in [7, 11) is 0. The molecule has 1 saturated heterocycles. The number of carbonyl (C=O) groups excluding carboxylic acids is 1. The van der Waals surface area contributed by atoms with Crippen molar-refractivity contribution in [3.05, 3.63) is 23.7 Å². The topological polar surface area (TPSA) is 54.3 Å². The standard InChI is InChI=1S/C13H20N2O2/c1-3-11-10(5-8-17-11)12(16)14-9-13(2)6-4-7-15-13/h5,8,15H,3-4,6-7,9H2,1-2H3,(H,14,16). The van der Waals surface area contributed by atoms with Gasteiger partial charge in [-0.05, 0) is 32.4 Å². The lowest BCUT2D eigenvalue weighted by atomic mass is 10.0. The molecule has 1 amide bonds. The normalized spacial score (nSPS) is 23.9. The molecule has 2 heterocycles. The second-order valence-electron chi connectivity index (χ2n) is 4.88. The van der Waals surface area contributed by atoms with Crippen molar-refractivity contribution in [1.29, 1.82) is 0 Å². The molecule has 1 aromatic rings. The van der Waals surface area contributed by atoms with Crippen LogP contribution in [0, 0.1) is 0 Å². The van der Waals surface area contributed by atoms with Crippen molar-refractivity contribution in [1.82, 2.24) is 10.6 Å². The third-order valence-corrected chi connectivity index (χ3v) is 3.41. The SMILES string of the molecule is CCc1occc1C(=O)NCC1(C)CCCN1. The number of carbonyl (C=O) groups is 1. The summed E-state index contributed by atoms with van der Waals surface area (Å²) in [5, 5.41) is 6.40. The lowest BCUT2D eigenvalue weighted by Gasteiger charge is -2.24. The molecule has 1 atom stereocenters. The van der Waals surface area contributed by atoms with Crippen LogP contribution in [-0.2, 0) is 6.42 Å². The molecule has 1 aromatic heterocycles. The van der Waals surface area contributed by atoms with Gasteiger partial charge in [0.25, 0.3) is 5.91 Å². The Morgan fingerprint density at radius 2 is 2.47 bits per heavy atom. The Balaban J connectivity index is 1.93. The zero-order chi connectivity index (χ0) is 12.3. The first-order valence-corrected chi connectivity index (χ1v) is 6.24. The summed E-state index contributed by atoms with van der Waals surface area (Å²) in [4.78, 5) is 12.0. The average molecular weight is 236 g/mol. The highest BCUT2D eigenvalue weighted by Gasteiger charge is 2.28. The van der Waals surface area contributed by atoms with Crippen LogP contribution in [0.2, 0.25) is 0 Å². The van der Waals surface area contributed by atoms with Gasteiger partial charge >= 0.3 is 0 Å². The first-order chi connectivity index (χ1) is 8.14. The van der Waals surface area contributed by atoms with Crippen LogP contribution in [-0.4, -0.2) is 24.5 Å². The van der Waals surface area contributed by atoms with Gasteiger partial charge in [0, 0.05) is 18.5 Å². The van der Waals surface area contributed by atoms with Crippen LogP contribution >= 0.6 is 0 Å². The molecule has 1 fully saturated rings. The Labute approximate surface area is 102 Å². The molecule has 0 aliphatic carbocycles. The molecular weight excluding hydrogens is 216 g/mol. The molecule has 2 N–H and O–H groups in total. The lowest BCUT2D eigenvalue weighted by molar-refractivity contribution is 0.0940. The van der Waals surface area contributed by atoms with Gasteiger partial charge in [-0.15, -0.1) is 0 Å². The number of amides is 1. The molecule has 1 aliphatic rings. The minimum absolute atomic E-state index is 0.0366. The highest BCUT2D eigenvalue weighted by atomic mass is 16.3. The number of furan rings is 1. The van der Waals surface area contributed by atoms with Gasteiger partial charge in [0.2, 0.25) is 0 Å². The Hall–Kier alpha value is -1.29. The van der Waals surface area contributed by atoms with Crippen molar-refractivity contribution in [2.24, 2.45) is 0 Å². The van der Waals surface area contributed by atoms with Gasteiger partial charge in [-0.1, -0.05) is 6.92 Å². The summed E-state index contributed by atoms with van der Waals surface area (Å²) >= 11 is 0. The van der Waals surface area contributed by atoms with Crippen molar-refractivity contribution in [2.45, 2.75) is 38.6 Å². The van der Waals surface area contributed by atoms with Crippen molar-refractivity contribution in [3.8, 4) is 0 Å². The molecule has 0 bridgehead atoms. The van der Waals surface area contributed by atoms with E-state index in [1.165, 1.54) is 6.42 Å². The zero-order valence-corrected chi connectivity index (χ0v) is 10.5. The Morgan fingerprint density at radius 1 is 1.65 bits per heavy atom. The second kappa shape index (κ2) is 4.92. The fourth-order valence-electron chi connectivity index (χ4n) is 2.30. The highest BCUT2D eigenvalue weighted by Crippen LogP contribution is 2.18. The van der Waals surface area contributed by atoms with Gasteiger partial charge in [0.05, 0.1) is 11.8 Å². The van der Waals surface area contributed by atoms with E-state index in [9.17, 15) is 4.79 Å². The van der Waals surface area contributed by atoms with Gasteiger partial charge in [0.1, 0.15) is 5.76 Å². The molecule has 0 spiro atoms. The maximum absolute atomic E-state index is 12.0. The van der Waals surface area contributed by atoms with Gasteiger partial charge in [-0.3, -0.25) is 4.79 Å². The van der Waals surface area contributed by atoms with Crippen LogP contribution in [0.5, 0.6) is 0 Å². The second-order valence-corrected chi connectivity index (χ2v) is 4.88. The van der Waals surface area contributed by atoms with Crippen molar-refractivity contribution < 1.29 is 9.21 Å². The van der Waals surface area contributed by atoms with E-state index in [0.29, 0.717) is 12.1 Å². The van der Waals surface area contributed by atoms with E-state index in [1.807, 2.05) is 6.92 Å². The minimum Gasteiger partial charge on any atom is -0.469 e. The number of rotatable bonds is 4. The van der Waals surface area contributed by atoms with Gasteiger partial charge in [-0.2, -0.15) is 0 Å². The van der Waals surface area contributed by atoms with Crippen molar-refractivity contribution >= 4 is 5.91 Å². The predicted octanol–water partition coefficient (Wildman–Crippen LogP) is 1.71. The van der Waals surface area contributed by atoms with E-state index < -0.39 is 0 Å². The number of nitrogens with one attached hydrogen (secondary N) is 2. The smallest absolute Gasteiger partial charge is 0.254 e. The van der Waals surface area contributed by atoms with Gasteiger partial charge in [-0.25, -0.2) is 0 Å². The third-order valence-electron chi connectivity index (χ3n) is 3.41. The van der Waals surface area contributed by atoms with E-state index in [2.05, 4.69) is 17.6 Å². The lowest BCUT2D eigenvalue weighted by Crippen LogP contribution is -2.47. The molecule has 1 aliphatic heterocycles. The Morgan fingerprint density at radius 3 is 3.12 bits per heavy atom. The highest BCUT2D eigenvalue weighted by molar-refractivity contribution is 5.95. The van der Waals surface area contributed by atoms with Crippen LogP contribution < -0.4 is 10.6 Å². The van der Waals surface area contributed by atoms with Crippen LogP contribution in [0.4, 0.5) is 0 Å². The van der Waals surface area contributed by atoms with Gasteiger partial charge < -0.3 is 15.1 Å². The first-order valence-electron chi connectivity index (χ1n) is 6.24. The number of aryl methyl sites for hydroxylation is 1. The minimum atomic E-state index is -0.0366. The molecule has 94 valence electrons. The Kier molecular flexibility index (Phi) is 3.52. The zero-order valence-electron chi connectivity index (χ0n) is 10.5. The van der Waals surface area contributed by atoms with E-state index in [0.717, 1.165) is 25.1 Å². The van der Waals surface area contributed by atoms with E-state index >= 15 is 0 Å². The summed E-state index contributed by atoms with van der Waals surface area (Å²) < 4.78 is 5.26. The molecule has 0 saturated carbocycles. The average Bonchev–Trinajstić information content (AvgIpc) is 2.95. The summed E-state index contributed by atoms with van der Waals surface area (Å²) in [5.41, 5.74) is 0.709. The number of hydrogen-bond donors (Lipinski definition) is 2. The van der Waals surface area contributed by atoms with Crippen LogP contribution in [0.15, 0.2) is 16.7 Å². The first kappa shape index (κ1) is 12.2. The monoisotopic (exact) mass is 236 g/mol. The number of hydrogen-bond acceptors (Lipinski definition) is 3. The van der Waals surface area contributed by atoms with E-state index in [1.54, 1.807) is 12.3 Å². The molecule has 4 nitrogen and oxygen atoms in total. The quantitative estimate of drug-likeness (QED) is 0.837. The summed E-state index contributed by atoms with van der Waals surface area (Å²) in [6, 6.07) is 1.73. The molecule has 4 heteroatoms. The van der Waals surface area contributed by atoms with Crippen molar-refractivity contribution in [3.63, 3.8) is 0 Å². The molecular formula is C13H20N2O2. The van der Waals surface area contributed by atoms with E-state index in [-0.39, 0.29) is 11.4 Å². The Bertz CT molecular complexity index is 392. The third kappa shape index (κ3) is 2.69. The molecule has 0 aromatic carbocycles. The van der Waals surface area contributed by atoms with Crippen LogP contribution in [0.3, 0.4) is 0 Å². The molecule has 0 radical (unpaired) electrons. The molecule has 17 heavy (non-hydrogen) atoms. The summed E-state index contributed by atoms with van der Waals surface area (Å²) in [5.74, 6) is 0.720. The van der Waals surface area contributed by atoms with Crippen LogP contribution in [0.25, 0.3) is 0 Å². The fraction of sp³-hybridized carbons (Fsp3) is 0.615. The maximum atomic E-state index is 12.0. The molecule has 1 unspecified atom stereocenters. The largest absolute Gasteiger partial charge is 0.469 e. The molecule has 2 rings (SSSR count). The maximum Gasteiger partial charge on any atom is 0.254 e. The van der Waals surface area contributed by atoms with Crippen LogP contribution in [0.1, 0.15) is 42.8 Å². The fourth-order valence-corrected chi connectivity index (χ4v) is 2.30. The summed E-state index contributed by atoms with van der Waals surface area (Å²) in [6.45, 7) is 5.84. The van der Waals surface area contributed by atoms with Crippen molar-refractivity contribution in [2.75, 3.05) is 13.1 Å². The summed E-state index contributed by atoms with van der Waals surface area (Å²) in [6.07, 6.45) is 4.60. The predicted molar refractivity (Wildman–Crippen MR) is 66.1 cm³/mol. The van der Waals surface area contributed by atoms with Gasteiger partial charge in [0.15, 0.2) is 0 Å².